The minimum Gasteiger partial charge on any atom is -0.505 e. The Morgan fingerprint density at radius 1 is 1.50 bits per heavy atom. The van der Waals surface area contributed by atoms with Crippen LogP contribution in [-0.2, 0) is 0 Å². The average molecular weight is 248 g/mol. The third-order valence-electron chi connectivity index (χ3n) is 3.75. The molecule has 4 nitrogen and oxygen atoms in total. The summed E-state index contributed by atoms with van der Waals surface area (Å²) in [4.78, 5) is 14.1. The number of nitrogens with zero attached hydrogens (tertiary/aromatic N) is 1. The molecule has 1 saturated heterocycles. The Morgan fingerprint density at radius 3 is 2.83 bits per heavy atom. The van der Waals surface area contributed by atoms with Crippen molar-refractivity contribution in [1.82, 2.24) is 4.90 Å². The highest BCUT2D eigenvalue weighted by molar-refractivity contribution is 5.98. The Hall–Kier alpha value is -1.71. The van der Waals surface area contributed by atoms with Gasteiger partial charge in [0.05, 0.1) is 11.3 Å². The zero-order valence-electron chi connectivity index (χ0n) is 10.9. The Kier molecular flexibility index (Phi) is 3.45. The number of phenolic OH excluding ortho intramolecular Hbond substituents is 1. The maximum atomic E-state index is 12.3. The molecule has 0 bridgehead atoms. The molecule has 1 aliphatic heterocycles. The number of phenols is 1. The second kappa shape index (κ2) is 4.88. The van der Waals surface area contributed by atoms with Crippen LogP contribution in [0.4, 0.5) is 5.69 Å². The number of benzene rings is 1. The smallest absolute Gasteiger partial charge is 0.257 e. The zero-order valence-corrected chi connectivity index (χ0v) is 10.9. The summed E-state index contributed by atoms with van der Waals surface area (Å²) in [5.74, 6) is 0.910. The molecule has 18 heavy (non-hydrogen) atoms. The highest BCUT2D eigenvalue weighted by atomic mass is 16.3. The second-order valence-electron chi connectivity index (χ2n) is 5.29. The summed E-state index contributed by atoms with van der Waals surface area (Å²) in [6.45, 7) is 5.88. The molecule has 0 saturated carbocycles. The molecule has 3 N–H and O–H groups in total. The number of nitrogen functional groups attached to an aromatic ring is 1. The van der Waals surface area contributed by atoms with E-state index in [4.69, 9.17) is 5.73 Å². The van der Waals surface area contributed by atoms with E-state index >= 15 is 0 Å². The number of carbonyl (C=O) groups excluding carboxylic acids is 1. The van der Waals surface area contributed by atoms with Gasteiger partial charge >= 0.3 is 0 Å². The highest BCUT2D eigenvalue weighted by Gasteiger charge is 2.29. The van der Waals surface area contributed by atoms with Crippen molar-refractivity contribution in [1.29, 1.82) is 0 Å². The number of aromatic hydroxyl groups is 1. The van der Waals surface area contributed by atoms with Crippen LogP contribution in [0, 0.1) is 11.8 Å². The number of nitrogens with two attached hydrogens (primary N) is 1. The fraction of sp³-hybridized carbons (Fsp3) is 0.500. The molecule has 98 valence electrons. The lowest BCUT2D eigenvalue weighted by Gasteiger charge is -2.19. The molecule has 1 aliphatic rings. The maximum absolute atomic E-state index is 12.3. The van der Waals surface area contributed by atoms with Crippen LogP contribution in [0.5, 0.6) is 5.75 Å². The lowest BCUT2D eigenvalue weighted by Crippen LogP contribution is -2.29. The predicted octanol–water partition coefficient (Wildman–Crippen LogP) is 2.09. The number of anilines is 1. The summed E-state index contributed by atoms with van der Waals surface area (Å²) >= 11 is 0. The molecular weight excluding hydrogens is 228 g/mol. The summed E-state index contributed by atoms with van der Waals surface area (Å²) in [5, 5.41) is 9.83. The van der Waals surface area contributed by atoms with Crippen LogP contribution in [0.1, 0.15) is 30.6 Å². The lowest BCUT2D eigenvalue weighted by atomic mass is 9.95. The van der Waals surface area contributed by atoms with Gasteiger partial charge in [-0.15, -0.1) is 0 Å². The Bertz CT molecular complexity index is 457. The highest BCUT2D eigenvalue weighted by Crippen LogP contribution is 2.29. The standard InChI is InChI=1S/C14H20N2O2/c1-9(2)10-6-7-16(8-10)14(18)11-4-3-5-12(15)13(11)17/h3-5,9-10,17H,6-8,15H2,1-2H3. The molecule has 1 aromatic rings. The van der Waals surface area contributed by atoms with Crippen molar-refractivity contribution in [3.63, 3.8) is 0 Å². The molecule has 1 heterocycles. The first-order valence-electron chi connectivity index (χ1n) is 6.37. The summed E-state index contributed by atoms with van der Waals surface area (Å²) in [5.41, 5.74) is 6.17. The van der Waals surface area contributed by atoms with Gasteiger partial charge in [-0.05, 0) is 30.4 Å². The number of amides is 1. The van der Waals surface area contributed by atoms with Crippen LogP contribution in [0.3, 0.4) is 0 Å². The molecule has 0 spiro atoms. The van der Waals surface area contributed by atoms with Gasteiger partial charge < -0.3 is 15.7 Å². The van der Waals surface area contributed by atoms with E-state index in [1.807, 2.05) is 0 Å². The Balaban J connectivity index is 2.16. The van der Waals surface area contributed by atoms with Crippen molar-refractivity contribution in [2.24, 2.45) is 11.8 Å². The van der Waals surface area contributed by atoms with Crippen molar-refractivity contribution in [3.8, 4) is 5.75 Å². The van der Waals surface area contributed by atoms with E-state index in [9.17, 15) is 9.90 Å². The predicted molar refractivity (Wildman–Crippen MR) is 71.4 cm³/mol. The molecule has 0 aliphatic carbocycles. The number of hydrogen-bond donors (Lipinski definition) is 2. The van der Waals surface area contributed by atoms with Gasteiger partial charge in [0.1, 0.15) is 0 Å². The second-order valence-corrected chi connectivity index (χ2v) is 5.29. The maximum Gasteiger partial charge on any atom is 0.257 e. The first-order valence-corrected chi connectivity index (χ1v) is 6.37. The normalized spacial score (nSPS) is 19.5. The van der Waals surface area contributed by atoms with Crippen LogP contribution in [0.15, 0.2) is 18.2 Å². The summed E-state index contributed by atoms with van der Waals surface area (Å²) in [6, 6.07) is 4.90. The summed E-state index contributed by atoms with van der Waals surface area (Å²) in [7, 11) is 0. The molecule has 0 aromatic heterocycles. The van der Waals surface area contributed by atoms with Gasteiger partial charge in [0.2, 0.25) is 0 Å². The van der Waals surface area contributed by atoms with E-state index in [1.54, 1.807) is 23.1 Å². The van der Waals surface area contributed by atoms with E-state index in [-0.39, 0.29) is 17.3 Å². The van der Waals surface area contributed by atoms with Crippen molar-refractivity contribution in [2.45, 2.75) is 20.3 Å². The summed E-state index contributed by atoms with van der Waals surface area (Å²) in [6.07, 6.45) is 1.03. The average Bonchev–Trinajstić information content (AvgIpc) is 2.81. The third-order valence-corrected chi connectivity index (χ3v) is 3.75. The molecule has 0 radical (unpaired) electrons. The van der Waals surface area contributed by atoms with Crippen LogP contribution in [-0.4, -0.2) is 29.0 Å². The van der Waals surface area contributed by atoms with E-state index in [2.05, 4.69) is 13.8 Å². The zero-order chi connectivity index (χ0) is 13.3. The van der Waals surface area contributed by atoms with Gasteiger partial charge in [-0.2, -0.15) is 0 Å². The fourth-order valence-electron chi connectivity index (χ4n) is 2.42. The van der Waals surface area contributed by atoms with Crippen LogP contribution in [0.2, 0.25) is 0 Å². The minimum atomic E-state index is -0.122. The monoisotopic (exact) mass is 248 g/mol. The van der Waals surface area contributed by atoms with Crippen molar-refractivity contribution in [3.05, 3.63) is 23.8 Å². The van der Waals surface area contributed by atoms with Gasteiger partial charge in [0, 0.05) is 13.1 Å². The number of hydrogen-bond acceptors (Lipinski definition) is 3. The topological polar surface area (TPSA) is 66.6 Å². The molecule has 1 atom stereocenters. The molecule has 2 rings (SSSR count). The van der Waals surface area contributed by atoms with Crippen molar-refractivity contribution >= 4 is 11.6 Å². The van der Waals surface area contributed by atoms with Crippen molar-refractivity contribution in [2.75, 3.05) is 18.8 Å². The number of carbonyl (C=O) groups is 1. The van der Waals surface area contributed by atoms with E-state index in [0.29, 0.717) is 17.4 Å². The SMILES string of the molecule is CC(C)C1CCN(C(=O)c2cccc(N)c2O)C1. The molecule has 1 fully saturated rings. The number of para-hydroxylation sites is 1. The van der Waals surface area contributed by atoms with Gasteiger partial charge in [-0.1, -0.05) is 19.9 Å². The Labute approximate surface area is 107 Å². The molecule has 4 heteroatoms. The van der Waals surface area contributed by atoms with Gasteiger partial charge in [0.25, 0.3) is 5.91 Å². The van der Waals surface area contributed by atoms with Crippen LogP contribution in [0.25, 0.3) is 0 Å². The number of rotatable bonds is 2. The van der Waals surface area contributed by atoms with Crippen molar-refractivity contribution < 1.29 is 9.90 Å². The Morgan fingerprint density at radius 2 is 2.22 bits per heavy atom. The molecule has 1 unspecified atom stereocenters. The molecule has 1 aromatic carbocycles. The first-order chi connectivity index (χ1) is 8.50. The largest absolute Gasteiger partial charge is 0.505 e. The molecule has 1 amide bonds. The van der Waals surface area contributed by atoms with E-state index < -0.39 is 0 Å². The summed E-state index contributed by atoms with van der Waals surface area (Å²) < 4.78 is 0. The quantitative estimate of drug-likeness (QED) is 0.622. The van der Waals surface area contributed by atoms with Crippen LogP contribution >= 0.6 is 0 Å². The third kappa shape index (κ3) is 2.28. The van der Waals surface area contributed by atoms with Gasteiger partial charge in [0.15, 0.2) is 5.75 Å². The lowest BCUT2D eigenvalue weighted by molar-refractivity contribution is 0.0781. The van der Waals surface area contributed by atoms with Crippen LogP contribution < -0.4 is 5.73 Å². The fourth-order valence-corrected chi connectivity index (χ4v) is 2.42. The minimum absolute atomic E-state index is 0.101. The van der Waals surface area contributed by atoms with Gasteiger partial charge in [-0.25, -0.2) is 0 Å². The molecular formula is C14H20N2O2. The van der Waals surface area contributed by atoms with E-state index in [1.165, 1.54) is 0 Å². The van der Waals surface area contributed by atoms with E-state index in [0.717, 1.165) is 19.5 Å². The van der Waals surface area contributed by atoms with Gasteiger partial charge in [-0.3, -0.25) is 4.79 Å². The first kappa shape index (κ1) is 12.7. The number of likely N-dealkylation sites (tertiary alicyclic amines) is 1.